The van der Waals surface area contributed by atoms with E-state index in [9.17, 15) is 0 Å². The van der Waals surface area contributed by atoms with Gasteiger partial charge in [0.2, 0.25) is 0 Å². The van der Waals surface area contributed by atoms with Crippen LogP contribution in [-0.2, 0) is 0 Å². The van der Waals surface area contributed by atoms with Crippen molar-refractivity contribution in [2.24, 2.45) is 0 Å². The van der Waals surface area contributed by atoms with Crippen molar-refractivity contribution in [2.45, 2.75) is 85.0 Å². The van der Waals surface area contributed by atoms with Crippen molar-refractivity contribution >= 4 is 18.1 Å². The summed E-state index contributed by atoms with van der Waals surface area (Å²) in [6.07, 6.45) is 13.7. The van der Waals surface area contributed by atoms with E-state index in [4.69, 9.17) is 0 Å². The Labute approximate surface area is 151 Å². The number of hydrogen-bond acceptors (Lipinski definition) is 1. The smallest absolute Gasteiger partial charge is 0.0366 e. The first-order valence-corrected chi connectivity index (χ1v) is 9.59. The van der Waals surface area contributed by atoms with Gasteiger partial charge in [0.25, 0.3) is 0 Å². The van der Waals surface area contributed by atoms with E-state index in [1.807, 2.05) is 0 Å². The van der Waals surface area contributed by atoms with Gasteiger partial charge in [-0.15, -0.1) is 12.4 Å². The minimum Gasteiger partial charge on any atom is -0.372 e. The molecule has 2 heteroatoms. The second-order valence-electron chi connectivity index (χ2n) is 6.65. The summed E-state index contributed by atoms with van der Waals surface area (Å²) in [4.78, 5) is 2.61. The average molecular weight is 340 g/mol. The van der Waals surface area contributed by atoms with Crippen LogP contribution in [-0.4, -0.2) is 13.1 Å². The number of nitrogens with zero attached hydrogens (tertiary/aromatic N) is 1. The SMILES string of the molecule is CCCCCCCN(CCCCCCC)c1ccc(C)cc1.Cl. The molecule has 1 aromatic rings. The summed E-state index contributed by atoms with van der Waals surface area (Å²) < 4.78 is 0. The van der Waals surface area contributed by atoms with Gasteiger partial charge in [0.05, 0.1) is 0 Å². The van der Waals surface area contributed by atoms with E-state index in [0.29, 0.717) is 0 Å². The highest BCUT2D eigenvalue weighted by molar-refractivity contribution is 5.85. The van der Waals surface area contributed by atoms with E-state index >= 15 is 0 Å². The molecule has 0 aliphatic carbocycles. The summed E-state index contributed by atoms with van der Waals surface area (Å²) in [6.45, 7) is 9.19. The lowest BCUT2D eigenvalue weighted by molar-refractivity contribution is 0.589. The van der Waals surface area contributed by atoms with Gasteiger partial charge in [-0.2, -0.15) is 0 Å². The Morgan fingerprint density at radius 1 is 0.652 bits per heavy atom. The maximum Gasteiger partial charge on any atom is 0.0366 e. The number of halogens is 1. The first-order valence-electron chi connectivity index (χ1n) is 9.59. The summed E-state index contributed by atoms with van der Waals surface area (Å²) >= 11 is 0. The van der Waals surface area contributed by atoms with Crippen LogP contribution in [0, 0.1) is 6.92 Å². The summed E-state index contributed by atoms with van der Waals surface area (Å²) in [5.74, 6) is 0. The van der Waals surface area contributed by atoms with Gasteiger partial charge < -0.3 is 4.90 Å². The maximum absolute atomic E-state index is 2.61. The van der Waals surface area contributed by atoms with Crippen molar-refractivity contribution in [1.29, 1.82) is 0 Å². The zero-order chi connectivity index (χ0) is 16.0. The number of unbranched alkanes of at least 4 members (excludes halogenated alkanes) is 8. The van der Waals surface area contributed by atoms with E-state index in [-0.39, 0.29) is 12.4 Å². The highest BCUT2D eigenvalue weighted by Crippen LogP contribution is 2.18. The molecule has 0 amide bonds. The molecule has 23 heavy (non-hydrogen) atoms. The van der Waals surface area contributed by atoms with Crippen molar-refractivity contribution < 1.29 is 0 Å². The molecule has 0 fully saturated rings. The highest BCUT2D eigenvalue weighted by atomic mass is 35.5. The van der Waals surface area contributed by atoms with Gasteiger partial charge in [0, 0.05) is 18.8 Å². The Morgan fingerprint density at radius 3 is 1.52 bits per heavy atom. The van der Waals surface area contributed by atoms with Crippen LogP contribution in [0.4, 0.5) is 5.69 Å². The largest absolute Gasteiger partial charge is 0.372 e. The molecular formula is C21H38ClN. The van der Waals surface area contributed by atoms with Crippen molar-refractivity contribution in [1.82, 2.24) is 0 Å². The fraction of sp³-hybridized carbons (Fsp3) is 0.714. The molecule has 0 unspecified atom stereocenters. The van der Waals surface area contributed by atoms with Crippen LogP contribution >= 0.6 is 12.4 Å². The molecule has 0 bridgehead atoms. The third kappa shape index (κ3) is 10.7. The molecule has 0 saturated heterocycles. The lowest BCUT2D eigenvalue weighted by Gasteiger charge is -2.25. The first-order chi connectivity index (χ1) is 10.8. The minimum absolute atomic E-state index is 0. The van der Waals surface area contributed by atoms with Crippen molar-refractivity contribution in [3.8, 4) is 0 Å². The molecule has 0 heterocycles. The molecule has 0 aliphatic heterocycles. The topological polar surface area (TPSA) is 3.24 Å². The number of anilines is 1. The van der Waals surface area contributed by atoms with Crippen LogP contribution in [0.25, 0.3) is 0 Å². The molecule has 0 aliphatic rings. The zero-order valence-corrected chi connectivity index (χ0v) is 16.5. The third-order valence-electron chi connectivity index (χ3n) is 4.46. The lowest BCUT2D eigenvalue weighted by atomic mass is 10.1. The summed E-state index contributed by atoms with van der Waals surface area (Å²) in [6, 6.07) is 9.09. The minimum atomic E-state index is 0. The monoisotopic (exact) mass is 339 g/mol. The van der Waals surface area contributed by atoms with Crippen LogP contribution in [0.3, 0.4) is 0 Å². The van der Waals surface area contributed by atoms with Gasteiger partial charge in [0.15, 0.2) is 0 Å². The summed E-state index contributed by atoms with van der Waals surface area (Å²) in [5.41, 5.74) is 2.77. The molecule has 134 valence electrons. The van der Waals surface area contributed by atoms with Crippen LogP contribution in [0.5, 0.6) is 0 Å². The van der Waals surface area contributed by atoms with Crippen LogP contribution in [0.2, 0.25) is 0 Å². The Bertz CT molecular complexity index is 347. The molecule has 0 spiro atoms. The standard InChI is InChI=1S/C21H37N.ClH/c1-4-6-8-10-12-18-22(19-13-11-9-7-5-2)21-16-14-20(3)15-17-21;/h14-17H,4-13,18-19H2,1-3H3;1H. The number of rotatable bonds is 13. The molecule has 0 aromatic heterocycles. The van der Waals surface area contributed by atoms with Crippen LogP contribution in [0.15, 0.2) is 24.3 Å². The van der Waals surface area contributed by atoms with E-state index in [1.54, 1.807) is 0 Å². The number of benzene rings is 1. The summed E-state index contributed by atoms with van der Waals surface area (Å²) in [5, 5.41) is 0. The van der Waals surface area contributed by atoms with Crippen molar-refractivity contribution in [3.05, 3.63) is 29.8 Å². The molecule has 1 nitrogen and oxygen atoms in total. The van der Waals surface area contributed by atoms with E-state index in [2.05, 4.69) is 49.9 Å². The highest BCUT2D eigenvalue weighted by Gasteiger charge is 2.06. The van der Waals surface area contributed by atoms with Crippen molar-refractivity contribution in [2.75, 3.05) is 18.0 Å². The fourth-order valence-corrected chi connectivity index (χ4v) is 2.94. The Balaban J connectivity index is 0.00000484. The average Bonchev–Trinajstić information content (AvgIpc) is 2.53. The van der Waals surface area contributed by atoms with E-state index < -0.39 is 0 Å². The van der Waals surface area contributed by atoms with Gasteiger partial charge in [-0.1, -0.05) is 82.9 Å². The Hall–Kier alpha value is -0.690. The molecule has 0 atom stereocenters. The van der Waals surface area contributed by atoms with Crippen LogP contribution < -0.4 is 4.90 Å². The maximum atomic E-state index is 2.61. The van der Waals surface area contributed by atoms with Gasteiger partial charge >= 0.3 is 0 Å². The first kappa shape index (κ1) is 22.3. The molecule has 0 N–H and O–H groups in total. The zero-order valence-electron chi connectivity index (χ0n) is 15.7. The van der Waals surface area contributed by atoms with Gasteiger partial charge in [-0.3, -0.25) is 0 Å². The van der Waals surface area contributed by atoms with Gasteiger partial charge in [-0.05, 0) is 31.9 Å². The second-order valence-corrected chi connectivity index (χ2v) is 6.65. The Morgan fingerprint density at radius 2 is 1.09 bits per heavy atom. The van der Waals surface area contributed by atoms with Crippen molar-refractivity contribution in [3.63, 3.8) is 0 Å². The lowest BCUT2D eigenvalue weighted by Crippen LogP contribution is -2.25. The molecule has 1 aromatic carbocycles. The third-order valence-corrected chi connectivity index (χ3v) is 4.46. The van der Waals surface area contributed by atoms with E-state index in [1.165, 1.54) is 88.5 Å². The molecule has 1 rings (SSSR count). The predicted octanol–water partition coefficient (Wildman–Crippen LogP) is 7.16. The van der Waals surface area contributed by atoms with E-state index in [0.717, 1.165) is 0 Å². The second kappa shape index (κ2) is 14.9. The fourth-order valence-electron chi connectivity index (χ4n) is 2.94. The predicted molar refractivity (Wildman–Crippen MR) is 108 cm³/mol. The summed E-state index contributed by atoms with van der Waals surface area (Å²) in [7, 11) is 0. The number of hydrogen-bond donors (Lipinski definition) is 0. The molecule has 0 saturated carbocycles. The molecular weight excluding hydrogens is 302 g/mol. The van der Waals surface area contributed by atoms with Gasteiger partial charge in [0.1, 0.15) is 0 Å². The van der Waals surface area contributed by atoms with Gasteiger partial charge in [-0.25, -0.2) is 0 Å². The normalized spacial score (nSPS) is 10.4. The van der Waals surface area contributed by atoms with Crippen LogP contribution in [0.1, 0.15) is 83.6 Å². The molecule has 0 radical (unpaired) electrons. The quantitative estimate of drug-likeness (QED) is 0.344. The number of aryl methyl sites for hydroxylation is 1. The Kier molecular flexibility index (Phi) is 14.4.